The van der Waals surface area contributed by atoms with Gasteiger partial charge in [-0.05, 0) is 44.0 Å². The first-order valence-electron chi connectivity index (χ1n) is 5.34. The van der Waals surface area contributed by atoms with Gasteiger partial charge in [0.25, 0.3) is 0 Å². The number of rotatable bonds is 6. The Morgan fingerprint density at radius 3 is 2.67 bits per heavy atom. The van der Waals surface area contributed by atoms with Crippen molar-refractivity contribution in [1.29, 1.82) is 0 Å². The van der Waals surface area contributed by atoms with Crippen molar-refractivity contribution in [1.82, 2.24) is 5.32 Å². The van der Waals surface area contributed by atoms with Crippen molar-refractivity contribution in [3.63, 3.8) is 0 Å². The lowest BCUT2D eigenvalue weighted by atomic mass is 10.1. The summed E-state index contributed by atoms with van der Waals surface area (Å²) in [6.07, 6.45) is 4.20. The summed E-state index contributed by atoms with van der Waals surface area (Å²) in [6, 6.07) is 8.88. The minimum atomic E-state index is 0.419. The van der Waals surface area contributed by atoms with Crippen LogP contribution in [0, 0.1) is 0 Å². The Kier molecular flexibility index (Phi) is 5.66. The highest BCUT2D eigenvalue weighted by atomic mass is 79.9. The summed E-state index contributed by atoms with van der Waals surface area (Å²) < 4.78 is 1.13. The van der Waals surface area contributed by atoms with Crippen LogP contribution in [0.2, 0.25) is 0 Å². The van der Waals surface area contributed by atoms with Gasteiger partial charge in [-0.3, -0.25) is 0 Å². The predicted octanol–water partition coefficient (Wildman–Crippen LogP) is 4.07. The van der Waals surface area contributed by atoms with Crippen LogP contribution in [-0.4, -0.2) is 6.54 Å². The van der Waals surface area contributed by atoms with Crippen LogP contribution >= 0.6 is 15.9 Å². The Balaban J connectivity index is 2.36. The van der Waals surface area contributed by atoms with Crippen molar-refractivity contribution < 1.29 is 0 Å². The lowest BCUT2D eigenvalue weighted by Gasteiger charge is -2.13. The number of benzene rings is 1. The van der Waals surface area contributed by atoms with Gasteiger partial charge < -0.3 is 5.32 Å². The van der Waals surface area contributed by atoms with Gasteiger partial charge in [0.1, 0.15) is 0 Å². The van der Waals surface area contributed by atoms with E-state index in [1.54, 1.807) is 0 Å². The van der Waals surface area contributed by atoms with Gasteiger partial charge in [0.2, 0.25) is 0 Å². The highest BCUT2D eigenvalue weighted by Crippen LogP contribution is 2.16. The van der Waals surface area contributed by atoms with Crippen molar-refractivity contribution in [3.8, 4) is 0 Å². The smallest absolute Gasteiger partial charge is 0.0291 e. The zero-order valence-corrected chi connectivity index (χ0v) is 10.8. The van der Waals surface area contributed by atoms with Crippen LogP contribution in [0.25, 0.3) is 0 Å². The fourth-order valence-electron chi connectivity index (χ4n) is 1.43. The molecule has 0 radical (unpaired) electrons. The molecule has 0 saturated heterocycles. The molecule has 0 aliphatic heterocycles. The monoisotopic (exact) mass is 267 g/mol. The third-order valence-electron chi connectivity index (χ3n) is 2.41. The number of hydrogen-bond donors (Lipinski definition) is 1. The molecule has 0 fully saturated rings. The summed E-state index contributed by atoms with van der Waals surface area (Å²) in [5.74, 6) is 0. The maximum Gasteiger partial charge on any atom is 0.0291 e. The Labute approximate surface area is 101 Å². The fraction of sp³-hybridized carbons (Fsp3) is 0.385. The molecule has 1 aromatic rings. The minimum Gasteiger partial charge on any atom is -0.310 e. The average Bonchev–Trinajstić information content (AvgIpc) is 2.25. The second-order valence-corrected chi connectivity index (χ2v) is 4.57. The molecule has 0 aliphatic rings. The van der Waals surface area contributed by atoms with E-state index in [0.29, 0.717) is 6.04 Å². The molecule has 15 heavy (non-hydrogen) atoms. The van der Waals surface area contributed by atoms with E-state index in [-0.39, 0.29) is 0 Å². The molecule has 1 nitrogen and oxygen atoms in total. The Morgan fingerprint density at radius 2 is 2.07 bits per heavy atom. The molecule has 1 N–H and O–H groups in total. The summed E-state index contributed by atoms with van der Waals surface area (Å²) in [5.41, 5.74) is 1.33. The van der Waals surface area contributed by atoms with E-state index in [9.17, 15) is 0 Å². The molecule has 0 aliphatic carbocycles. The van der Waals surface area contributed by atoms with Crippen LogP contribution in [0.15, 0.2) is 41.4 Å². The molecule has 1 rings (SSSR count). The van der Waals surface area contributed by atoms with Gasteiger partial charge in [0, 0.05) is 10.5 Å². The van der Waals surface area contributed by atoms with Crippen LogP contribution in [0.1, 0.15) is 31.4 Å². The van der Waals surface area contributed by atoms with Crippen LogP contribution < -0.4 is 5.32 Å². The van der Waals surface area contributed by atoms with E-state index >= 15 is 0 Å². The van der Waals surface area contributed by atoms with Gasteiger partial charge in [0.05, 0.1) is 0 Å². The van der Waals surface area contributed by atoms with E-state index in [2.05, 4.69) is 59.0 Å². The number of halogens is 1. The van der Waals surface area contributed by atoms with Crippen molar-refractivity contribution in [2.24, 2.45) is 0 Å². The Bertz CT molecular complexity index is 292. The molecule has 2 heteroatoms. The average molecular weight is 268 g/mol. The predicted molar refractivity (Wildman–Crippen MR) is 70.0 cm³/mol. The SMILES string of the molecule is C=CCCCNC(C)c1ccc(Br)cc1. The first kappa shape index (κ1) is 12.5. The van der Waals surface area contributed by atoms with Crippen LogP contribution in [0.4, 0.5) is 0 Å². The van der Waals surface area contributed by atoms with Gasteiger partial charge in [-0.1, -0.05) is 34.1 Å². The molecule has 0 spiro atoms. The van der Waals surface area contributed by atoms with E-state index in [1.165, 1.54) is 5.56 Å². The zero-order chi connectivity index (χ0) is 11.1. The molecule has 1 atom stereocenters. The normalized spacial score (nSPS) is 12.4. The number of unbranched alkanes of at least 4 members (excludes halogenated alkanes) is 1. The first-order valence-corrected chi connectivity index (χ1v) is 6.13. The van der Waals surface area contributed by atoms with Gasteiger partial charge in [0.15, 0.2) is 0 Å². The third kappa shape index (κ3) is 4.63. The fourth-order valence-corrected chi connectivity index (χ4v) is 1.70. The van der Waals surface area contributed by atoms with Crippen molar-refractivity contribution in [3.05, 3.63) is 47.0 Å². The van der Waals surface area contributed by atoms with E-state index in [0.717, 1.165) is 23.9 Å². The number of hydrogen-bond acceptors (Lipinski definition) is 1. The molecular formula is C13H18BrN. The highest BCUT2D eigenvalue weighted by molar-refractivity contribution is 9.10. The first-order chi connectivity index (χ1) is 7.24. The van der Waals surface area contributed by atoms with E-state index in [4.69, 9.17) is 0 Å². The van der Waals surface area contributed by atoms with Crippen molar-refractivity contribution >= 4 is 15.9 Å². The Hall–Kier alpha value is -0.600. The molecule has 0 aromatic heterocycles. The van der Waals surface area contributed by atoms with E-state index in [1.807, 2.05) is 6.08 Å². The molecule has 0 amide bonds. The molecule has 0 saturated carbocycles. The maximum atomic E-state index is 3.71. The molecular weight excluding hydrogens is 250 g/mol. The maximum absolute atomic E-state index is 3.71. The second-order valence-electron chi connectivity index (χ2n) is 3.66. The third-order valence-corrected chi connectivity index (χ3v) is 2.93. The molecule has 0 heterocycles. The molecule has 0 bridgehead atoms. The molecule has 1 unspecified atom stereocenters. The molecule has 82 valence electrons. The van der Waals surface area contributed by atoms with Gasteiger partial charge in [-0.15, -0.1) is 6.58 Å². The summed E-state index contributed by atoms with van der Waals surface area (Å²) in [7, 11) is 0. The standard InChI is InChI=1S/C13H18BrN/c1-3-4-5-10-15-11(2)12-6-8-13(14)9-7-12/h3,6-9,11,15H,1,4-5,10H2,2H3. The summed E-state index contributed by atoms with van der Waals surface area (Å²) in [4.78, 5) is 0. The van der Waals surface area contributed by atoms with Gasteiger partial charge >= 0.3 is 0 Å². The topological polar surface area (TPSA) is 12.0 Å². The van der Waals surface area contributed by atoms with Crippen LogP contribution in [0.3, 0.4) is 0 Å². The van der Waals surface area contributed by atoms with Crippen LogP contribution in [-0.2, 0) is 0 Å². The van der Waals surface area contributed by atoms with Crippen molar-refractivity contribution in [2.75, 3.05) is 6.54 Å². The summed E-state index contributed by atoms with van der Waals surface area (Å²) in [5, 5.41) is 3.49. The van der Waals surface area contributed by atoms with Crippen molar-refractivity contribution in [2.45, 2.75) is 25.8 Å². The number of nitrogens with one attached hydrogen (secondary N) is 1. The quantitative estimate of drug-likeness (QED) is 0.606. The van der Waals surface area contributed by atoms with E-state index < -0.39 is 0 Å². The van der Waals surface area contributed by atoms with Gasteiger partial charge in [-0.25, -0.2) is 0 Å². The van der Waals surface area contributed by atoms with Gasteiger partial charge in [-0.2, -0.15) is 0 Å². The lowest BCUT2D eigenvalue weighted by molar-refractivity contribution is 0.561. The second kappa shape index (κ2) is 6.81. The lowest BCUT2D eigenvalue weighted by Crippen LogP contribution is -2.19. The summed E-state index contributed by atoms with van der Waals surface area (Å²) in [6.45, 7) is 6.95. The largest absolute Gasteiger partial charge is 0.310 e. The summed E-state index contributed by atoms with van der Waals surface area (Å²) >= 11 is 3.44. The molecule has 1 aromatic carbocycles. The highest BCUT2D eigenvalue weighted by Gasteiger charge is 2.02. The van der Waals surface area contributed by atoms with Crippen LogP contribution in [0.5, 0.6) is 0 Å². The number of allylic oxidation sites excluding steroid dienone is 1. The Morgan fingerprint density at radius 1 is 1.40 bits per heavy atom. The minimum absolute atomic E-state index is 0.419. The zero-order valence-electron chi connectivity index (χ0n) is 9.17.